The van der Waals surface area contributed by atoms with Gasteiger partial charge in [0.05, 0.1) is 11.4 Å². The summed E-state index contributed by atoms with van der Waals surface area (Å²) >= 11 is 1.57. The molecular formula is C22H23N3O3S. The average molecular weight is 410 g/mol. The van der Waals surface area contributed by atoms with Crippen LogP contribution in [-0.2, 0) is 13.1 Å². The summed E-state index contributed by atoms with van der Waals surface area (Å²) in [6.45, 7) is 8.12. The second-order valence-electron chi connectivity index (χ2n) is 7.16. The predicted molar refractivity (Wildman–Crippen MR) is 114 cm³/mol. The first-order valence-electron chi connectivity index (χ1n) is 9.66. The van der Waals surface area contributed by atoms with E-state index in [-0.39, 0.29) is 5.63 Å². The number of nitrogens with zero attached hydrogens (tertiary/aromatic N) is 3. The smallest absolute Gasteiger partial charge is 0.336 e. The van der Waals surface area contributed by atoms with Crippen molar-refractivity contribution in [1.82, 2.24) is 15.1 Å². The molecule has 150 valence electrons. The minimum absolute atomic E-state index is 0.324. The molecule has 0 atom stereocenters. The van der Waals surface area contributed by atoms with Gasteiger partial charge < -0.3 is 8.83 Å². The lowest BCUT2D eigenvalue weighted by atomic mass is 10.0. The molecule has 0 unspecified atom stereocenters. The molecule has 0 aliphatic carbocycles. The number of hydrogen-bond donors (Lipinski definition) is 0. The lowest BCUT2D eigenvalue weighted by molar-refractivity contribution is 0.232. The Hall–Kier alpha value is -2.77. The largest absolute Gasteiger partial charge is 0.422 e. The molecule has 0 spiro atoms. The van der Waals surface area contributed by atoms with E-state index < -0.39 is 0 Å². The molecule has 0 amide bonds. The number of hydrogen-bond acceptors (Lipinski definition) is 7. The summed E-state index contributed by atoms with van der Waals surface area (Å²) in [7, 11) is 0. The first-order chi connectivity index (χ1) is 14.0. The third-order valence-electron chi connectivity index (χ3n) is 5.01. The van der Waals surface area contributed by atoms with E-state index in [9.17, 15) is 4.79 Å². The first-order valence-corrected chi connectivity index (χ1v) is 10.5. The van der Waals surface area contributed by atoms with Gasteiger partial charge in [0, 0.05) is 18.0 Å². The predicted octanol–water partition coefficient (Wildman–Crippen LogP) is 4.93. The van der Waals surface area contributed by atoms with E-state index in [1.165, 1.54) is 0 Å². The van der Waals surface area contributed by atoms with Crippen LogP contribution < -0.4 is 5.63 Å². The molecule has 0 saturated carbocycles. The van der Waals surface area contributed by atoms with Crippen LogP contribution >= 0.6 is 11.3 Å². The molecule has 0 radical (unpaired) electrons. The molecule has 6 nitrogen and oxygen atoms in total. The third-order valence-corrected chi connectivity index (χ3v) is 5.87. The van der Waals surface area contributed by atoms with Crippen molar-refractivity contribution in [2.45, 2.75) is 40.3 Å². The van der Waals surface area contributed by atoms with Crippen LogP contribution in [0.3, 0.4) is 0 Å². The normalized spacial score (nSPS) is 11.6. The molecular weight excluding hydrogens is 386 g/mol. The van der Waals surface area contributed by atoms with E-state index in [0.29, 0.717) is 30.5 Å². The monoisotopic (exact) mass is 409 g/mol. The van der Waals surface area contributed by atoms with Crippen molar-refractivity contribution in [3.05, 3.63) is 68.7 Å². The first kappa shape index (κ1) is 19.5. The molecule has 29 heavy (non-hydrogen) atoms. The molecule has 1 aromatic carbocycles. The van der Waals surface area contributed by atoms with E-state index in [0.717, 1.165) is 39.9 Å². The second kappa shape index (κ2) is 8.31. The highest BCUT2D eigenvalue weighted by Gasteiger charge is 2.16. The molecule has 4 aromatic rings. The molecule has 0 fully saturated rings. The molecule has 0 aliphatic rings. The Labute approximate surface area is 172 Å². The van der Waals surface area contributed by atoms with Crippen molar-refractivity contribution in [3.63, 3.8) is 0 Å². The molecule has 0 saturated heterocycles. The SMILES string of the molecule is CCCN(Cc1nnc(-c2cccs2)o1)Cc1cc(=O)oc2c(C)c(C)ccc12. The molecule has 3 heterocycles. The van der Waals surface area contributed by atoms with Crippen molar-refractivity contribution in [2.75, 3.05) is 6.54 Å². The van der Waals surface area contributed by atoms with E-state index in [4.69, 9.17) is 8.83 Å². The highest BCUT2D eigenvalue weighted by atomic mass is 32.1. The zero-order valence-corrected chi connectivity index (χ0v) is 17.6. The van der Waals surface area contributed by atoms with Crippen molar-refractivity contribution in [1.29, 1.82) is 0 Å². The number of aromatic nitrogens is 2. The zero-order valence-electron chi connectivity index (χ0n) is 16.8. The van der Waals surface area contributed by atoms with Crippen molar-refractivity contribution >= 4 is 22.3 Å². The van der Waals surface area contributed by atoms with Gasteiger partial charge in [0.2, 0.25) is 5.89 Å². The Morgan fingerprint density at radius 3 is 2.72 bits per heavy atom. The third kappa shape index (κ3) is 4.16. The summed E-state index contributed by atoms with van der Waals surface area (Å²) in [5, 5.41) is 11.3. The Bertz CT molecular complexity index is 1180. The summed E-state index contributed by atoms with van der Waals surface area (Å²) in [6, 6.07) is 9.61. The summed E-state index contributed by atoms with van der Waals surface area (Å²) in [4.78, 5) is 15.4. The summed E-state index contributed by atoms with van der Waals surface area (Å²) < 4.78 is 11.4. The van der Waals surface area contributed by atoms with Gasteiger partial charge in [-0.05, 0) is 54.9 Å². The minimum atomic E-state index is -0.324. The molecule has 0 aliphatic heterocycles. The molecule has 0 bridgehead atoms. The van der Waals surface area contributed by atoms with Crippen molar-refractivity contribution in [2.24, 2.45) is 0 Å². The lowest BCUT2D eigenvalue weighted by Crippen LogP contribution is -2.24. The fourth-order valence-electron chi connectivity index (χ4n) is 3.44. The number of fused-ring (bicyclic) bond motifs is 1. The van der Waals surface area contributed by atoms with Gasteiger partial charge in [-0.15, -0.1) is 21.5 Å². The standard InChI is InChI=1S/C22H23N3O3S/c1-4-9-25(13-19-23-24-22(27-19)18-6-5-10-29-18)12-16-11-20(26)28-21-15(3)14(2)7-8-17(16)21/h5-8,10-11H,4,9,12-13H2,1-3H3. The van der Waals surface area contributed by atoms with Crippen LogP contribution in [0.5, 0.6) is 0 Å². The lowest BCUT2D eigenvalue weighted by Gasteiger charge is -2.20. The molecule has 4 rings (SSSR count). The highest BCUT2D eigenvalue weighted by molar-refractivity contribution is 7.13. The maximum absolute atomic E-state index is 12.2. The van der Waals surface area contributed by atoms with Crippen LogP contribution in [0.4, 0.5) is 0 Å². The fourth-order valence-corrected chi connectivity index (χ4v) is 4.08. The van der Waals surface area contributed by atoms with Gasteiger partial charge in [0.1, 0.15) is 5.58 Å². The van der Waals surface area contributed by atoms with E-state index in [2.05, 4.69) is 28.1 Å². The Morgan fingerprint density at radius 1 is 1.10 bits per heavy atom. The quantitative estimate of drug-likeness (QED) is 0.403. The van der Waals surface area contributed by atoms with Gasteiger partial charge >= 0.3 is 5.63 Å². The van der Waals surface area contributed by atoms with Crippen LogP contribution in [0.2, 0.25) is 0 Å². The Balaban J connectivity index is 1.62. The van der Waals surface area contributed by atoms with E-state index in [1.54, 1.807) is 17.4 Å². The van der Waals surface area contributed by atoms with Gasteiger partial charge in [-0.3, -0.25) is 4.90 Å². The van der Waals surface area contributed by atoms with E-state index in [1.807, 2.05) is 37.4 Å². The van der Waals surface area contributed by atoms with Gasteiger partial charge in [0.25, 0.3) is 5.89 Å². The zero-order chi connectivity index (χ0) is 20.4. The van der Waals surface area contributed by atoms with Gasteiger partial charge in [0.15, 0.2) is 0 Å². The second-order valence-corrected chi connectivity index (χ2v) is 8.11. The van der Waals surface area contributed by atoms with Crippen LogP contribution in [-0.4, -0.2) is 21.6 Å². The van der Waals surface area contributed by atoms with Gasteiger partial charge in [-0.1, -0.05) is 25.1 Å². The Kier molecular flexibility index (Phi) is 5.60. The Morgan fingerprint density at radius 2 is 1.97 bits per heavy atom. The van der Waals surface area contributed by atoms with E-state index >= 15 is 0 Å². The number of rotatable bonds is 7. The van der Waals surface area contributed by atoms with Crippen LogP contribution in [0.15, 0.2) is 49.3 Å². The van der Waals surface area contributed by atoms with Gasteiger partial charge in [-0.2, -0.15) is 0 Å². The average Bonchev–Trinajstić information content (AvgIpc) is 3.37. The highest BCUT2D eigenvalue weighted by Crippen LogP contribution is 2.26. The van der Waals surface area contributed by atoms with Gasteiger partial charge in [-0.25, -0.2) is 4.79 Å². The summed E-state index contributed by atoms with van der Waals surface area (Å²) in [6.07, 6.45) is 0.976. The summed E-state index contributed by atoms with van der Waals surface area (Å²) in [5.41, 5.74) is 3.40. The number of aryl methyl sites for hydroxylation is 2. The molecule has 3 aromatic heterocycles. The van der Waals surface area contributed by atoms with Crippen LogP contribution in [0.25, 0.3) is 21.7 Å². The maximum Gasteiger partial charge on any atom is 0.336 e. The minimum Gasteiger partial charge on any atom is -0.422 e. The maximum atomic E-state index is 12.2. The van der Waals surface area contributed by atoms with Crippen LogP contribution in [0.1, 0.15) is 35.9 Å². The van der Waals surface area contributed by atoms with Crippen LogP contribution in [0, 0.1) is 13.8 Å². The summed E-state index contributed by atoms with van der Waals surface area (Å²) in [5.74, 6) is 1.12. The fraction of sp³-hybridized carbons (Fsp3) is 0.318. The number of benzene rings is 1. The topological polar surface area (TPSA) is 72.4 Å². The number of thiophene rings is 1. The molecule has 0 N–H and O–H groups in total. The van der Waals surface area contributed by atoms with Crippen molar-refractivity contribution < 1.29 is 8.83 Å². The molecule has 7 heteroatoms. The van der Waals surface area contributed by atoms with Crippen molar-refractivity contribution in [3.8, 4) is 10.8 Å².